The molecule has 1 aromatic heterocycles. The molecular weight excluding hydrogens is 238 g/mol. The van der Waals surface area contributed by atoms with Crippen molar-refractivity contribution in [3.63, 3.8) is 0 Å². The van der Waals surface area contributed by atoms with Gasteiger partial charge in [0.05, 0.1) is 0 Å². The summed E-state index contributed by atoms with van der Waals surface area (Å²) in [5.74, 6) is 2.45. The average Bonchev–Trinajstić information content (AvgIpc) is 2.89. The Hall–Kier alpha value is -1.16. The van der Waals surface area contributed by atoms with E-state index in [9.17, 15) is 0 Å². The molecule has 4 nitrogen and oxygen atoms in total. The second-order valence-electron chi connectivity index (χ2n) is 5.40. The van der Waals surface area contributed by atoms with Crippen molar-refractivity contribution in [3.8, 4) is 0 Å². The zero-order valence-electron chi connectivity index (χ0n) is 12.1. The fourth-order valence-corrected chi connectivity index (χ4v) is 2.53. The topological polar surface area (TPSA) is 47.0 Å². The smallest absolute Gasteiger partial charge is 0.156 e. The van der Waals surface area contributed by atoms with Crippen LogP contribution in [0.2, 0.25) is 0 Å². The number of hydrogen-bond donors (Lipinski definition) is 1. The Morgan fingerprint density at radius 1 is 1.32 bits per heavy atom. The molecule has 0 aliphatic heterocycles. The van der Waals surface area contributed by atoms with Gasteiger partial charge in [-0.25, -0.2) is 9.97 Å². The molecule has 4 heteroatoms. The normalized spacial score (nSPS) is 15.9. The van der Waals surface area contributed by atoms with Crippen molar-refractivity contribution < 1.29 is 4.74 Å². The van der Waals surface area contributed by atoms with Crippen LogP contribution in [0.4, 0.5) is 5.82 Å². The highest BCUT2D eigenvalue weighted by molar-refractivity contribution is 5.35. The third kappa shape index (κ3) is 4.78. The minimum atomic E-state index is 0.527. The Labute approximate surface area is 116 Å². The highest BCUT2D eigenvalue weighted by Gasteiger charge is 2.15. The summed E-state index contributed by atoms with van der Waals surface area (Å²) in [7, 11) is 0. The number of ether oxygens (including phenoxy) is 1. The predicted octanol–water partition coefficient (Wildman–Crippen LogP) is 3.31. The number of aryl methyl sites for hydroxylation is 1. The first-order valence-electron chi connectivity index (χ1n) is 7.44. The zero-order chi connectivity index (χ0) is 13.5. The van der Waals surface area contributed by atoms with E-state index in [1.54, 1.807) is 0 Å². The van der Waals surface area contributed by atoms with E-state index in [1.807, 2.05) is 13.0 Å². The van der Waals surface area contributed by atoms with Crippen LogP contribution < -0.4 is 5.32 Å². The third-order valence-electron chi connectivity index (χ3n) is 3.52. The molecule has 1 saturated carbocycles. The Balaban J connectivity index is 1.82. The molecular formula is C15H25N3O. The molecule has 0 bridgehead atoms. The second-order valence-corrected chi connectivity index (χ2v) is 5.40. The fraction of sp³-hybridized carbons (Fsp3) is 0.733. The van der Waals surface area contributed by atoms with E-state index < -0.39 is 0 Å². The van der Waals surface area contributed by atoms with Crippen molar-refractivity contribution in [2.75, 3.05) is 18.5 Å². The molecule has 2 rings (SSSR count). The van der Waals surface area contributed by atoms with E-state index in [0.29, 0.717) is 6.61 Å². The summed E-state index contributed by atoms with van der Waals surface area (Å²) >= 11 is 0. The van der Waals surface area contributed by atoms with Crippen LogP contribution in [0.15, 0.2) is 6.07 Å². The van der Waals surface area contributed by atoms with E-state index in [0.717, 1.165) is 42.8 Å². The summed E-state index contributed by atoms with van der Waals surface area (Å²) in [5, 5.41) is 3.30. The number of anilines is 1. The summed E-state index contributed by atoms with van der Waals surface area (Å²) in [6, 6.07) is 1.98. The Kier molecular flexibility index (Phi) is 5.58. The molecule has 1 heterocycles. The van der Waals surface area contributed by atoms with E-state index in [1.165, 1.54) is 25.7 Å². The molecule has 0 atom stereocenters. The van der Waals surface area contributed by atoms with Crippen LogP contribution in [0.5, 0.6) is 0 Å². The molecule has 1 fully saturated rings. The molecule has 1 N–H and O–H groups in total. The van der Waals surface area contributed by atoms with Gasteiger partial charge in [0.15, 0.2) is 5.82 Å². The van der Waals surface area contributed by atoms with Gasteiger partial charge in [0.1, 0.15) is 12.4 Å². The quantitative estimate of drug-likeness (QED) is 0.820. The first-order chi connectivity index (χ1) is 9.28. The van der Waals surface area contributed by atoms with E-state index in [4.69, 9.17) is 4.74 Å². The van der Waals surface area contributed by atoms with Crippen LogP contribution in [-0.2, 0) is 11.3 Å². The standard InChI is InChI=1S/C15H25N3O/c1-3-8-16-14-9-12(2)17-15(18-14)11-19-10-13-6-4-5-7-13/h9,13H,3-8,10-11H2,1-2H3,(H,16,17,18). The number of hydrogen-bond acceptors (Lipinski definition) is 4. The van der Waals surface area contributed by atoms with Crippen LogP contribution in [0.1, 0.15) is 50.5 Å². The van der Waals surface area contributed by atoms with Crippen molar-refractivity contribution >= 4 is 5.82 Å². The van der Waals surface area contributed by atoms with Crippen molar-refractivity contribution in [1.29, 1.82) is 0 Å². The van der Waals surface area contributed by atoms with Crippen molar-refractivity contribution in [3.05, 3.63) is 17.6 Å². The first-order valence-corrected chi connectivity index (χ1v) is 7.44. The van der Waals surface area contributed by atoms with Gasteiger partial charge in [0, 0.05) is 24.9 Å². The van der Waals surface area contributed by atoms with Crippen LogP contribution in [0.3, 0.4) is 0 Å². The SMILES string of the molecule is CCCNc1cc(C)nc(COCC2CCCC2)n1. The predicted molar refractivity (Wildman–Crippen MR) is 77.2 cm³/mol. The van der Waals surface area contributed by atoms with Gasteiger partial charge in [0.25, 0.3) is 0 Å². The van der Waals surface area contributed by atoms with E-state index >= 15 is 0 Å². The van der Waals surface area contributed by atoms with E-state index in [-0.39, 0.29) is 0 Å². The van der Waals surface area contributed by atoms with Crippen molar-refractivity contribution in [1.82, 2.24) is 9.97 Å². The van der Waals surface area contributed by atoms with Gasteiger partial charge in [0.2, 0.25) is 0 Å². The minimum Gasteiger partial charge on any atom is -0.373 e. The maximum atomic E-state index is 5.77. The Morgan fingerprint density at radius 3 is 2.84 bits per heavy atom. The van der Waals surface area contributed by atoms with Crippen molar-refractivity contribution in [2.24, 2.45) is 5.92 Å². The van der Waals surface area contributed by atoms with Gasteiger partial charge < -0.3 is 10.1 Å². The molecule has 0 unspecified atom stereocenters. The molecule has 0 saturated heterocycles. The summed E-state index contributed by atoms with van der Waals surface area (Å²) in [4.78, 5) is 8.92. The molecule has 19 heavy (non-hydrogen) atoms. The lowest BCUT2D eigenvalue weighted by atomic mass is 10.1. The number of nitrogens with zero attached hydrogens (tertiary/aromatic N) is 2. The summed E-state index contributed by atoms with van der Waals surface area (Å²) in [6.45, 7) is 6.47. The monoisotopic (exact) mass is 263 g/mol. The zero-order valence-corrected chi connectivity index (χ0v) is 12.1. The maximum absolute atomic E-state index is 5.77. The molecule has 0 amide bonds. The lowest BCUT2D eigenvalue weighted by Crippen LogP contribution is -2.10. The Bertz CT molecular complexity index is 389. The van der Waals surface area contributed by atoms with E-state index in [2.05, 4.69) is 22.2 Å². The third-order valence-corrected chi connectivity index (χ3v) is 3.52. The molecule has 1 aliphatic rings. The van der Waals surface area contributed by atoms with Crippen LogP contribution in [0.25, 0.3) is 0 Å². The molecule has 1 aliphatic carbocycles. The summed E-state index contributed by atoms with van der Waals surface area (Å²) in [5.41, 5.74) is 0.994. The molecule has 106 valence electrons. The van der Waals surface area contributed by atoms with Gasteiger partial charge in [-0.2, -0.15) is 0 Å². The highest BCUT2D eigenvalue weighted by atomic mass is 16.5. The van der Waals surface area contributed by atoms with Gasteiger partial charge in [-0.1, -0.05) is 19.8 Å². The van der Waals surface area contributed by atoms with Gasteiger partial charge >= 0.3 is 0 Å². The van der Waals surface area contributed by atoms with Crippen molar-refractivity contribution in [2.45, 2.75) is 52.6 Å². The highest BCUT2D eigenvalue weighted by Crippen LogP contribution is 2.24. The summed E-state index contributed by atoms with van der Waals surface area (Å²) < 4.78 is 5.77. The number of rotatable bonds is 7. The molecule has 0 spiro atoms. The van der Waals surface area contributed by atoms with Gasteiger partial charge in [-0.15, -0.1) is 0 Å². The molecule has 0 radical (unpaired) electrons. The maximum Gasteiger partial charge on any atom is 0.156 e. The first kappa shape index (κ1) is 14.3. The number of aromatic nitrogens is 2. The lowest BCUT2D eigenvalue weighted by Gasteiger charge is -2.11. The van der Waals surface area contributed by atoms with Crippen LogP contribution >= 0.6 is 0 Å². The lowest BCUT2D eigenvalue weighted by molar-refractivity contribution is 0.0843. The minimum absolute atomic E-state index is 0.527. The fourth-order valence-electron chi connectivity index (χ4n) is 2.53. The van der Waals surface area contributed by atoms with Gasteiger partial charge in [-0.3, -0.25) is 0 Å². The second kappa shape index (κ2) is 7.43. The van der Waals surface area contributed by atoms with Gasteiger partial charge in [-0.05, 0) is 32.1 Å². The number of nitrogens with one attached hydrogen (secondary N) is 1. The van der Waals surface area contributed by atoms with Crippen LogP contribution in [-0.4, -0.2) is 23.1 Å². The molecule has 1 aromatic rings. The largest absolute Gasteiger partial charge is 0.373 e. The van der Waals surface area contributed by atoms with Crippen LogP contribution in [0, 0.1) is 12.8 Å². The average molecular weight is 263 g/mol. The molecule has 0 aromatic carbocycles. The summed E-state index contributed by atoms with van der Waals surface area (Å²) in [6.07, 6.45) is 6.45. The Morgan fingerprint density at radius 2 is 2.11 bits per heavy atom.